The van der Waals surface area contributed by atoms with Crippen molar-refractivity contribution in [3.05, 3.63) is 38.3 Å². The molecule has 0 saturated heterocycles. The molecule has 0 unspecified atom stereocenters. The average molecular weight is 402 g/mol. The second-order valence-electron chi connectivity index (χ2n) is 7.63. The van der Waals surface area contributed by atoms with Crippen molar-refractivity contribution < 1.29 is 4.74 Å². The van der Waals surface area contributed by atoms with Gasteiger partial charge < -0.3 is 9.30 Å². The fourth-order valence-corrected chi connectivity index (χ4v) is 3.52. The maximum atomic E-state index is 13.3. The van der Waals surface area contributed by atoms with Crippen molar-refractivity contribution in [3.8, 4) is 5.95 Å². The van der Waals surface area contributed by atoms with E-state index in [0.29, 0.717) is 36.8 Å². The molecule has 158 valence electrons. The number of aromatic nitrogens is 6. The lowest BCUT2D eigenvalue weighted by Crippen LogP contribution is -2.40. The number of hydrogen-bond acceptors (Lipinski definition) is 5. The minimum absolute atomic E-state index is 0.164. The van der Waals surface area contributed by atoms with Crippen LogP contribution in [0, 0.1) is 5.92 Å². The van der Waals surface area contributed by atoms with Crippen molar-refractivity contribution in [1.29, 1.82) is 0 Å². The lowest BCUT2D eigenvalue weighted by atomic mass is 10.2. The maximum Gasteiger partial charge on any atom is 0.332 e. The van der Waals surface area contributed by atoms with E-state index in [2.05, 4.69) is 18.1 Å². The molecule has 0 spiro atoms. The lowest BCUT2D eigenvalue weighted by molar-refractivity contribution is 0.188. The summed E-state index contributed by atoms with van der Waals surface area (Å²) in [4.78, 5) is 30.8. The summed E-state index contributed by atoms with van der Waals surface area (Å²) in [6.45, 7) is 9.26. The highest BCUT2D eigenvalue weighted by molar-refractivity contribution is 5.72. The first-order chi connectivity index (χ1) is 13.8. The van der Waals surface area contributed by atoms with Crippen molar-refractivity contribution in [3.63, 3.8) is 0 Å². The van der Waals surface area contributed by atoms with Crippen LogP contribution in [-0.4, -0.2) is 42.2 Å². The Labute approximate surface area is 169 Å². The van der Waals surface area contributed by atoms with Gasteiger partial charge in [-0.25, -0.2) is 9.48 Å². The molecule has 9 heteroatoms. The number of aryl methyl sites for hydroxylation is 3. The SMILES string of the molecule is CCc1cc(CC)n(-c2nc3c(c(=O)n(CC(C)C)c(=O)n3C)n2CCOC)n1. The molecular weight excluding hydrogens is 372 g/mol. The third kappa shape index (κ3) is 3.66. The minimum Gasteiger partial charge on any atom is -0.383 e. The van der Waals surface area contributed by atoms with Gasteiger partial charge in [0.25, 0.3) is 5.56 Å². The lowest BCUT2D eigenvalue weighted by Gasteiger charge is -2.12. The van der Waals surface area contributed by atoms with Crippen LogP contribution < -0.4 is 11.2 Å². The molecule has 0 aliphatic rings. The largest absolute Gasteiger partial charge is 0.383 e. The van der Waals surface area contributed by atoms with Gasteiger partial charge in [-0.05, 0) is 24.8 Å². The number of fused-ring (bicyclic) bond motifs is 1. The molecule has 0 atom stereocenters. The molecule has 3 heterocycles. The Morgan fingerprint density at radius 3 is 2.45 bits per heavy atom. The Kier molecular flexibility index (Phi) is 6.07. The van der Waals surface area contributed by atoms with E-state index in [1.54, 1.807) is 18.8 Å². The highest BCUT2D eigenvalue weighted by Gasteiger charge is 2.23. The fourth-order valence-electron chi connectivity index (χ4n) is 3.52. The second-order valence-corrected chi connectivity index (χ2v) is 7.63. The zero-order valence-electron chi connectivity index (χ0n) is 18.1. The zero-order chi connectivity index (χ0) is 21.3. The molecule has 0 N–H and O–H groups in total. The smallest absolute Gasteiger partial charge is 0.332 e. The Hall–Kier alpha value is -2.68. The summed E-state index contributed by atoms with van der Waals surface area (Å²) in [5.74, 6) is 0.695. The summed E-state index contributed by atoms with van der Waals surface area (Å²) >= 11 is 0. The molecule has 0 aromatic carbocycles. The van der Waals surface area contributed by atoms with Crippen LogP contribution in [-0.2, 0) is 37.7 Å². The van der Waals surface area contributed by atoms with Gasteiger partial charge in [-0.2, -0.15) is 10.1 Å². The predicted octanol–water partition coefficient (Wildman–Crippen LogP) is 1.51. The van der Waals surface area contributed by atoms with Gasteiger partial charge in [-0.15, -0.1) is 0 Å². The number of imidazole rings is 1. The summed E-state index contributed by atoms with van der Waals surface area (Å²) in [5.41, 5.74) is 2.04. The minimum atomic E-state index is -0.357. The quantitative estimate of drug-likeness (QED) is 0.570. The highest BCUT2D eigenvalue weighted by Crippen LogP contribution is 2.18. The zero-order valence-corrected chi connectivity index (χ0v) is 18.1. The molecule has 0 aliphatic carbocycles. The summed E-state index contributed by atoms with van der Waals surface area (Å²) in [5, 5.41) is 4.68. The summed E-state index contributed by atoms with van der Waals surface area (Å²) in [7, 11) is 3.27. The van der Waals surface area contributed by atoms with Gasteiger partial charge in [0.1, 0.15) is 0 Å². The van der Waals surface area contributed by atoms with E-state index in [1.807, 2.05) is 25.3 Å². The molecule has 9 nitrogen and oxygen atoms in total. The van der Waals surface area contributed by atoms with Gasteiger partial charge in [0, 0.05) is 32.9 Å². The van der Waals surface area contributed by atoms with Crippen molar-refractivity contribution >= 4 is 11.2 Å². The topological polar surface area (TPSA) is 88.9 Å². The van der Waals surface area contributed by atoms with Gasteiger partial charge in [0.05, 0.1) is 12.3 Å². The molecule has 0 aliphatic heterocycles. The van der Waals surface area contributed by atoms with E-state index in [4.69, 9.17) is 9.72 Å². The average Bonchev–Trinajstić information content (AvgIpc) is 3.28. The van der Waals surface area contributed by atoms with Crippen LogP contribution in [0.5, 0.6) is 0 Å². The van der Waals surface area contributed by atoms with Gasteiger partial charge >= 0.3 is 5.69 Å². The van der Waals surface area contributed by atoms with Crippen LogP contribution in [0.4, 0.5) is 0 Å². The molecule has 0 radical (unpaired) electrons. The van der Waals surface area contributed by atoms with Crippen LogP contribution >= 0.6 is 0 Å². The number of nitrogens with zero attached hydrogens (tertiary/aromatic N) is 6. The molecular formula is C20H30N6O3. The van der Waals surface area contributed by atoms with E-state index >= 15 is 0 Å². The molecule has 0 bridgehead atoms. The Morgan fingerprint density at radius 1 is 1.14 bits per heavy atom. The van der Waals surface area contributed by atoms with E-state index in [-0.39, 0.29) is 17.2 Å². The summed E-state index contributed by atoms with van der Waals surface area (Å²) in [6.07, 6.45) is 1.58. The van der Waals surface area contributed by atoms with Gasteiger partial charge in [0.15, 0.2) is 11.2 Å². The van der Waals surface area contributed by atoms with Crippen LogP contribution in [0.1, 0.15) is 39.1 Å². The fraction of sp³-hybridized carbons (Fsp3) is 0.600. The molecule has 29 heavy (non-hydrogen) atoms. The first-order valence-corrected chi connectivity index (χ1v) is 10.1. The van der Waals surface area contributed by atoms with Crippen LogP contribution in [0.2, 0.25) is 0 Å². The van der Waals surface area contributed by atoms with E-state index in [0.717, 1.165) is 24.2 Å². The van der Waals surface area contributed by atoms with E-state index in [9.17, 15) is 9.59 Å². The Balaban J connectivity index is 2.39. The third-order valence-electron chi connectivity index (χ3n) is 5.03. The first kappa shape index (κ1) is 21.0. The number of rotatable bonds is 8. The number of hydrogen-bond donors (Lipinski definition) is 0. The first-order valence-electron chi connectivity index (χ1n) is 10.1. The molecule has 3 aromatic rings. The molecule has 3 aromatic heterocycles. The van der Waals surface area contributed by atoms with Crippen molar-refractivity contribution in [2.24, 2.45) is 13.0 Å². The van der Waals surface area contributed by atoms with Gasteiger partial charge in [-0.3, -0.25) is 13.9 Å². The summed E-state index contributed by atoms with van der Waals surface area (Å²) in [6, 6.07) is 2.05. The standard InChI is InChI=1S/C20H30N6O3/c1-7-14-11-15(8-2)26(22-14)19-21-17-16(24(19)9-10-29-6)18(27)25(12-13(3)4)20(28)23(17)5/h11,13H,7-10,12H2,1-6H3. The molecule has 3 rings (SSSR count). The molecule has 0 saturated carbocycles. The van der Waals surface area contributed by atoms with E-state index < -0.39 is 0 Å². The van der Waals surface area contributed by atoms with E-state index in [1.165, 1.54) is 9.13 Å². The molecule has 0 fully saturated rings. The second kappa shape index (κ2) is 8.36. The molecule has 0 amide bonds. The van der Waals surface area contributed by atoms with Crippen molar-refractivity contribution in [1.82, 2.24) is 28.5 Å². The Morgan fingerprint density at radius 2 is 1.86 bits per heavy atom. The maximum absolute atomic E-state index is 13.3. The van der Waals surface area contributed by atoms with Gasteiger partial charge in [0.2, 0.25) is 5.95 Å². The monoisotopic (exact) mass is 402 g/mol. The highest BCUT2D eigenvalue weighted by atomic mass is 16.5. The van der Waals surface area contributed by atoms with Gasteiger partial charge in [-0.1, -0.05) is 27.7 Å². The summed E-state index contributed by atoms with van der Waals surface area (Å²) < 4.78 is 11.6. The number of methoxy groups -OCH3 is 1. The normalized spacial score (nSPS) is 11.8. The Bertz CT molecular complexity index is 1130. The van der Waals surface area contributed by atoms with Crippen LogP contribution in [0.3, 0.4) is 0 Å². The van der Waals surface area contributed by atoms with Crippen LogP contribution in [0.15, 0.2) is 15.7 Å². The predicted molar refractivity (Wildman–Crippen MR) is 112 cm³/mol. The van der Waals surface area contributed by atoms with Crippen LogP contribution in [0.25, 0.3) is 17.1 Å². The van der Waals surface area contributed by atoms with Crippen molar-refractivity contribution in [2.75, 3.05) is 13.7 Å². The number of ether oxygens (including phenoxy) is 1. The van der Waals surface area contributed by atoms with Crippen molar-refractivity contribution in [2.45, 2.75) is 53.6 Å². The third-order valence-corrected chi connectivity index (χ3v) is 5.03.